The molecule has 0 radical (unpaired) electrons. The molecule has 0 bridgehead atoms. The number of hydrogen-bond acceptors (Lipinski definition) is 4. The molecule has 0 N–H and O–H groups in total. The van der Waals surface area contributed by atoms with Gasteiger partial charge in [-0.3, -0.25) is 9.69 Å². The quantitative estimate of drug-likeness (QED) is 0.724. The number of rotatable bonds is 4. The molecule has 1 aliphatic carbocycles. The second kappa shape index (κ2) is 6.48. The molecule has 4 nitrogen and oxygen atoms in total. The van der Waals surface area contributed by atoms with Gasteiger partial charge >= 0.3 is 12.1 Å². The zero-order chi connectivity index (χ0) is 17.4. The largest absolute Gasteiger partial charge is 0.456 e. The van der Waals surface area contributed by atoms with E-state index >= 15 is 0 Å². The van der Waals surface area contributed by atoms with Crippen LogP contribution in [0.1, 0.15) is 64.7 Å². The van der Waals surface area contributed by atoms with Crippen LogP contribution in [-0.4, -0.2) is 47.6 Å². The molecular formula is C17H26F3NO3. The minimum atomic E-state index is -4.47. The molecule has 3 rings (SSSR count). The Bertz CT molecular complexity index is 476. The summed E-state index contributed by atoms with van der Waals surface area (Å²) in [6.45, 7) is 1.29. The SMILES string of the molecule is CC[C@]12CC[C@H](CC(=O)OCC(F)(F)F)N1C1(CCCCC1)OC2. The van der Waals surface area contributed by atoms with Gasteiger partial charge in [0, 0.05) is 11.6 Å². The molecule has 7 heteroatoms. The molecule has 24 heavy (non-hydrogen) atoms. The van der Waals surface area contributed by atoms with Crippen molar-refractivity contribution in [3.63, 3.8) is 0 Å². The summed E-state index contributed by atoms with van der Waals surface area (Å²) in [4.78, 5) is 14.3. The van der Waals surface area contributed by atoms with Crippen LogP contribution in [0.3, 0.4) is 0 Å². The zero-order valence-electron chi connectivity index (χ0n) is 14.2. The first-order chi connectivity index (χ1) is 11.3. The number of carbonyl (C=O) groups excluding carboxylic acids is 1. The second-order valence-electron chi connectivity index (χ2n) is 7.42. The first kappa shape index (κ1) is 18.0. The van der Waals surface area contributed by atoms with Crippen LogP contribution in [0, 0.1) is 0 Å². The Morgan fingerprint density at radius 2 is 1.96 bits per heavy atom. The van der Waals surface area contributed by atoms with Crippen molar-refractivity contribution < 1.29 is 27.4 Å². The fourth-order valence-corrected chi connectivity index (χ4v) is 4.86. The number of nitrogens with zero attached hydrogens (tertiary/aromatic N) is 1. The highest BCUT2D eigenvalue weighted by molar-refractivity contribution is 5.70. The maximum Gasteiger partial charge on any atom is 0.422 e. The smallest absolute Gasteiger partial charge is 0.422 e. The summed E-state index contributed by atoms with van der Waals surface area (Å²) in [5.41, 5.74) is -0.383. The van der Waals surface area contributed by atoms with Gasteiger partial charge in [0.1, 0.15) is 5.72 Å². The van der Waals surface area contributed by atoms with E-state index < -0.39 is 18.8 Å². The third kappa shape index (κ3) is 3.29. The van der Waals surface area contributed by atoms with E-state index in [-0.39, 0.29) is 23.7 Å². The molecule has 3 fully saturated rings. The van der Waals surface area contributed by atoms with Gasteiger partial charge in [0.15, 0.2) is 6.61 Å². The average molecular weight is 349 g/mol. The minimum Gasteiger partial charge on any atom is -0.456 e. The Kier molecular flexibility index (Phi) is 4.86. The van der Waals surface area contributed by atoms with E-state index in [1.165, 1.54) is 6.42 Å². The predicted molar refractivity (Wildman–Crippen MR) is 81.3 cm³/mol. The van der Waals surface area contributed by atoms with Gasteiger partial charge in [-0.2, -0.15) is 13.2 Å². The zero-order valence-corrected chi connectivity index (χ0v) is 14.2. The lowest BCUT2D eigenvalue weighted by Crippen LogP contribution is -2.56. The van der Waals surface area contributed by atoms with Crippen LogP contribution in [-0.2, 0) is 14.3 Å². The van der Waals surface area contributed by atoms with Crippen molar-refractivity contribution >= 4 is 5.97 Å². The first-order valence-electron chi connectivity index (χ1n) is 8.96. The number of alkyl halides is 3. The molecule has 0 aromatic rings. The lowest BCUT2D eigenvalue weighted by molar-refractivity contribution is -0.188. The standard InChI is InChI=1S/C17H26F3NO3/c1-2-15-9-6-13(10-14(22)23-12-17(18,19)20)21(15)16(24-11-15)7-4-3-5-8-16/h13H,2-12H2,1H3/t13-,15-/m1/s1. The molecule has 138 valence electrons. The van der Waals surface area contributed by atoms with Crippen LogP contribution in [0.25, 0.3) is 0 Å². The average Bonchev–Trinajstić information content (AvgIpc) is 3.04. The number of hydrogen-bond donors (Lipinski definition) is 0. The summed E-state index contributed by atoms with van der Waals surface area (Å²) in [5.74, 6) is -0.762. The molecule has 0 aromatic heterocycles. The van der Waals surface area contributed by atoms with Crippen molar-refractivity contribution in [2.24, 2.45) is 0 Å². The molecule has 0 unspecified atom stereocenters. The Morgan fingerprint density at radius 1 is 1.25 bits per heavy atom. The van der Waals surface area contributed by atoms with E-state index in [9.17, 15) is 18.0 Å². The minimum absolute atomic E-state index is 0.0168. The third-order valence-electron chi connectivity index (χ3n) is 5.96. The Morgan fingerprint density at radius 3 is 2.58 bits per heavy atom. The second-order valence-corrected chi connectivity index (χ2v) is 7.42. The molecule has 2 aliphatic heterocycles. The van der Waals surface area contributed by atoms with Crippen molar-refractivity contribution in [2.45, 2.75) is 88.2 Å². The summed E-state index contributed by atoms with van der Waals surface area (Å²) in [7, 11) is 0. The van der Waals surface area contributed by atoms with Crippen LogP contribution in [0.2, 0.25) is 0 Å². The molecule has 0 aromatic carbocycles. The van der Waals surface area contributed by atoms with Crippen molar-refractivity contribution in [3.8, 4) is 0 Å². The molecular weight excluding hydrogens is 323 g/mol. The Labute approximate surface area is 140 Å². The van der Waals surface area contributed by atoms with Crippen molar-refractivity contribution in [1.82, 2.24) is 4.90 Å². The van der Waals surface area contributed by atoms with Gasteiger partial charge in [-0.1, -0.05) is 13.3 Å². The molecule has 2 atom stereocenters. The van der Waals surface area contributed by atoms with Crippen LogP contribution in [0.15, 0.2) is 0 Å². The maximum atomic E-state index is 12.2. The van der Waals surface area contributed by atoms with E-state index in [0.717, 1.165) is 44.9 Å². The molecule has 2 heterocycles. The van der Waals surface area contributed by atoms with Gasteiger partial charge in [-0.25, -0.2) is 0 Å². The summed E-state index contributed by atoms with van der Waals surface area (Å²) >= 11 is 0. The van der Waals surface area contributed by atoms with Gasteiger partial charge in [0.25, 0.3) is 0 Å². The van der Waals surface area contributed by atoms with Gasteiger partial charge in [-0.05, 0) is 44.9 Å². The molecule has 3 aliphatic rings. The number of fused-ring (bicyclic) bond motifs is 2. The van der Waals surface area contributed by atoms with E-state index in [4.69, 9.17) is 4.74 Å². The lowest BCUT2D eigenvalue weighted by atomic mass is 9.87. The lowest BCUT2D eigenvalue weighted by Gasteiger charge is -2.45. The fraction of sp³-hybridized carbons (Fsp3) is 0.941. The molecule has 2 saturated heterocycles. The Hall–Kier alpha value is -0.820. The third-order valence-corrected chi connectivity index (χ3v) is 5.96. The normalized spacial score (nSPS) is 32.9. The van der Waals surface area contributed by atoms with Gasteiger partial charge < -0.3 is 9.47 Å². The number of ether oxygens (including phenoxy) is 2. The van der Waals surface area contributed by atoms with E-state index in [0.29, 0.717) is 6.61 Å². The highest BCUT2D eigenvalue weighted by Gasteiger charge is 2.60. The number of esters is 1. The summed E-state index contributed by atoms with van der Waals surface area (Å²) < 4.78 is 47.4. The topological polar surface area (TPSA) is 38.8 Å². The molecule has 0 amide bonds. The Balaban J connectivity index is 1.70. The van der Waals surface area contributed by atoms with Crippen LogP contribution < -0.4 is 0 Å². The maximum absolute atomic E-state index is 12.2. The van der Waals surface area contributed by atoms with E-state index in [2.05, 4.69) is 16.6 Å². The van der Waals surface area contributed by atoms with Crippen LogP contribution >= 0.6 is 0 Å². The monoisotopic (exact) mass is 349 g/mol. The van der Waals surface area contributed by atoms with Crippen molar-refractivity contribution in [2.75, 3.05) is 13.2 Å². The van der Waals surface area contributed by atoms with Crippen LogP contribution in [0.5, 0.6) is 0 Å². The number of carbonyl (C=O) groups is 1. The number of halogens is 3. The fourth-order valence-electron chi connectivity index (χ4n) is 4.86. The van der Waals surface area contributed by atoms with E-state index in [1.807, 2.05) is 0 Å². The first-order valence-corrected chi connectivity index (χ1v) is 8.96. The van der Waals surface area contributed by atoms with Gasteiger partial charge in [0.05, 0.1) is 13.0 Å². The summed E-state index contributed by atoms with van der Waals surface area (Å²) in [5, 5.41) is 0. The van der Waals surface area contributed by atoms with Gasteiger partial charge in [0.2, 0.25) is 0 Å². The van der Waals surface area contributed by atoms with Crippen molar-refractivity contribution in [1.29, 1.82) is 0 Å². The highest BCUT2D eigenvalue weighted by Crippen LogP contribution is 2.53. The molecule has 1 spiro atoms. The summed E-state index contributed by atoms with van der Waals surface area (Å²) in [6.07, 6.45) is 3.51. The van der Waals surface area contributed by atoms with Gasteiger partial charge in [-0.15, -0.1) is 0 Å². The van der Waals surface area contributed by atoms with Crippen LogP contribution in [0.4, 0.5) is 13.2 Å². The highest BCUT2D eigenvalue weighted by atomic mass is 19.4. The van der Waals surface area contributed by atoms with E-state index in [1.54, 1.807) is 0 Å². The predicted octanol–water partition coefficient (Wildman–Crippen LogP) is 3.79. The molecule has 1 saturated carbocycles. The van der Waals surface area contributed by atoms with Crippen molar-refractivity contribution in [3.05, 3.63) is 0 Å². The summed E-state index contributed by atoms with van der Waals surface area (Å²) in [6, 6.07) is -0.0775.